The van der Waals surface area contributed by atoms with E-state index in [4.69, 9.17) is 9.84 Å². The number of hydrogen-bond donors (Lipinski definition) is 1. The highest BCUT2D eigenvalue weighted by Crippen LogP contribution is 2.46. The first-order valence-corrected chi connectivity index (χ1v) is 11.9. The van der Waals surface area contributed by atoms with Crippen LogP contribution in [0.1, 0.15) is 34.6 Å². The second-order valence-corrected chi connectivity index (χ2v) is 9.63. The summed E-state index contributed by atoms with van der Waals surface area (Å²) < 4.78 is 7.83. The molecule has 0 radical (unpaired) electrons. The molecule has 166 valence electrons. The highest BCUT2D eigenvalue weighted by molar-refractivity contribution is 8.01. The van der Waals surface area contributed by atoms with Crippen LogP contribution in [-0.4, -0.2) is 20.9 Å². The Hall–Kier alpha value is -3.51. The first-order valence-electron chi connectivity index (χ1n) is 11.0. The molecule has 4 aromatic rings. The molecule has 2 heterocycles. The number of carbonyl (C=O) groups excluding carboxylic acids is 1. The Labute approximate surface area is 197 Å². The summed E-state index contributed by atoms with van der Waals surface area (Å²) >= 11 is 1.64. The van der Waals surface area contributed by atoms with Crippen molar-refractivity contribution in [1.82, 2.24) is 9.78 Å². The van der Waals surface area contributed by atoms with Crippen LogP contribution in [-0.2, 0) is 4.79 Å². The largest absolute Gasteiger partial charge is 0.457 e. The molecule has 0 saturated carbocycles. The van der Waals surface area contributed by atoms with Gasteiger partial charge in [0.25, 0.3) is 0 Å². The molecule has 1 aliphatic heterocycles. The number of hydrogen-bond acceptors (Lipinski definition) is 4. The molecular weight excluding hydrogens is 430 g/mol. The standard InChI is InChI=1S/C27H25N3O2S/c1-17-9-7-8-12-23(17)30-26-24(18(2)29-30)25(33-19(3)27(31)28-26)20-13-15-22(16-14-20)32-21-10-5-4-6-11-21/h4-16,19,25H,1-3H3,(H,28,31)/t19-,25-/m0/s1. The van der Waals surface area contributed by atoms with Crippen molar-refractivity contribution in [2.24, 2.45) is 0 Å². The van der Waals surface area contributed by atoms with E-state index in [1.165, 1.54) is 0 Å². The van der Waals surface area contributed by atoms with Crippen molar-refractivity contribution in [3.8, 4) is 17.2 Å². The van der Waals surface area contributed by atoms with Crippen molar-refractivity contribution < 1.29 is 9.53 Å². The Kier molecular flexibility index (Phi) is 5.68. The minimum atomic E-state index is -0.202. The summed E-state index contributed by atoms with van der Waals surface area (Å²) in [5.41, 5.74) is 5.12. The Morgan fingerprint density at radius 3 is 2.30 bits per heavy atom. The maximum absolute atomic E-state index is 12.9. The number of anilines is 1. The van der Waals surface area contributed by atoms with Crippen molar-refractivity contribution in [1.29, 1.82) is 0 Å². The molecule has 1 aliphatic rings. The van der Waals surface area contributed by atoms with E-state index in [9.17, 15) is 4.79 Å². The molecule has 0 aliphatic carbocycles. The molecule has 5 nitrogen and oxygen atoms in total. The molecular formula is C27H25N3O2S. The zero-order valence-electron chi connectivity index (χ0n) is 18.8. The number of aryl methyl sites for hydroxylation is 2. The lowest BCUT2D eigenvalue weighted by molar-refractivity contribution is -0.115. The lowest BCUT2D eigenvalue weighted by Crippen LogP contribution is -2.22. The average Bonchev–Trinajstić information content (AvgIpc) is 3.06. The molecule has 33 heavy (non-hydrogen) atoms. The van der Waals surface area contributed by atoms with Crippen molar-refractivity contribution in [2.75, 3.05) is 5.32 Å². The van der Waals surface area contributed by atoms with Gasteiger partial charge in [0.05, 0.1) is 21.9 Å². The van der Waals surface area contributed by atoms with Crippen LogP contribution in [0.15, 0.2) is 78.9 Å². The van der Waals surface area contributed by atoms with Gasteiger partial charge in [-0.15, -0.1) is 11.8 Å². The van der Waals surface area contributed by atoms with E-state index >= 15 is 0 Å². The normalized spacial score (nSPS) is 17.7. The van der Waals surface area contributed by atoms with Gasteiger partial charge >= 0.3 is 0 Å². The summed E-state index contributed by atoms with van der Waals surface area (Å²) in [5.74, 6) is 2.31. The third kappa shape index (κ3) is 4.14. The predicted octanol–water partition coefficient (Wildman–Crippen LogP) is 6.44. The van der Waals surface area contributed by atoms with Gasteiger partial charge in [-0.3, -0.25) is 4.79 Å². The number of thioether (sulfide) groups is 1. The molecule has 1 amide bonds. The van der Waals surface area contributed by atoms with Gasteiger partial charge in [0.15, 0.2) is 0 Å². The van der Waals surface area contributed by atoms with Crippen LogP contribution < -0.4 is 10.1 Å². The SMILES string of the molecule is Cc1ccccc1-n1nc(C)c2c1NC(=O)[C@H](C)S[C@H]2c1ccc(Oc2ccccc2)cc1. The smallest absolute Gasteiger partial charge is 0.238 e. The predicted molar refractivity (Wildman–Crippen MR) is 134 cm³/mol. The molecule has 5 rings (SSSR count). The van der Waals surface area contributed by atoms with Gasteiger partial charge in [0, 0.05) is 5.56 Å². The topological polar surface area (TPSA) is 56.2 Å². The molecule has 0 saturated heterocycles. The third-order valence-corrected chi connectivity index (χ3v) is 7.23. The summed E-state index contributed by atoms with van der Waals surface area (Å²) in [6.07, 6.45) is 0. The number of rotatable bonds is 4. The Bertz CT molecular complexity index is 1300. The van der Waals surface area contributed by atoms with Gasteiger partial charge in [-0.1, -0.05) is 48.5 Å². The van der Waals surface area contributed by atoms with Crippen LogP contribution >= 0.6 is 11.8 Å². The molecule has 0 fully saturated rings. The second kappa shape index (κ2) is 8.79. The van der Waals surface area contributed by atoms with E-state index in [0.29, 0.717) is 0 Å². The maximum atomic E-state index is 12.9. The van der Waals surface area contributed by atoms with Crippen LogP contribution in [0.5, 0.6) is 11.5 Å². The summed E-state index contributed by atoms with van der Waals surface area (Å²) in [6, 6.07) is 25.9. The zero-order valence-corrected chi connectivity index (χ0v) is 19.6. The van der Waals surface area contributed by atoms with Gasteiger partial charge in [-0.25, -0.2) is 4.68 Å². The van der Waals surface area contributed by atoms with Crippen LogP contribution in [0.25, 0.3) is 5.69 Å². The van der Waals surface area contributed by atoms with Gasteiger partial charge in [-0.2, -0.15) is 5.10 Å². The Morgan fingerprint density at radius 1 is 0.909 bits per heavy atom. The molecule has 0 unspecified atom stereocenters. The van der Waals surface area contributed by atoms with E-state index in [-0.39, 0.29) is 16.4 Å². The van der Waals surface area contributed by atoms with Crippen LogP contribution in [0.2, 0.25) is 0 Å². The lowest BCUT2D eigenvalue weighted by atomic mass is 10.0. The maximum Gasteiger partial charge on any atom is 0.238 e. The van der Waals surface area contributed by atoms with Crippen molar-refractivity contribution in [3.05, 3.63) is 101 Å². The number of ether oxygens (including phenoxy) is 1. The number of carbonyl (C=O) groups is 1. The van der Waals surface area contributed by atoms with Gasteiger partial charge in [0.2, 0.25) is 5.91 Å². The molecule has 1 aromatic heterocycles. The summed E-state index contributed by atoms with van der Waals surface area (Å²) in [6.45, 7) is 6.01. The van der Waals surface area contributed by atoms with Crippen molar-refractivity contribution >= 4 is 23.5 Å². The fourth-order valence-electron chi connectivity index (χ4n) is 4.08. The number of nitrogens with one attached hydrogen (secondary N) is 1. The van der Waals surface area contributed by atoms with E-state index in [2.05, 4.69) is 30.4 Å². The number of aromatic nitrogens is 2. The summed E-state index contributed by atoms with van der Waals surface area (Å²) in [5, 5.41) is 7.75. The van der Waals surface area contributed by atoms with Crippen LogP contribution in [0.4, 0.5) is 5.82 Å². The number of fused-ring (bicyclic) bond motifs is 1. The average molecular weight is 456 g/mol. The monoisotopic (exact) mass is 455 g/mol. The van der Waals surface area contributed by atoms with Crippen molar-refractivity contribution in [2.45, 2.75) is 31.3 Å². The minimum absolute atomic E-state index is 0.0116. The second-order valence-electron chi connectivity index (χ2n) is 8.18. The van der Waals surface area contributed by atoms with E-state index < -0.39 is 0 Å². The molecule has 3 aromatic carbocycles. The Morgan fingerprint density at radius 2 is 1.58 bits per heavy atom. The molecule has 1 N–H and O–H groups in total. The number of para-hydroxylation sites is 2. The fourth-order valence-corrected chi connectivity index (χ4v) is 5.40. The Balaban J connectivity index is 1.55. The molecule has 0 bridgehead atoms. The van der Waals surface area contributed by atoms with Gasteiger partial charge < -0.3 is 10.1 Å². The number of nitrogens with zero attached hydrogens (tertiary/aromatic N) is 2. The molecule has 6 heteroatoms. The van der Waals surface area contributed by atoms with Crippen molar-refractivity contribution in [3.63, 3.8) is 0 Å². The van der Waals surface area contributed by atoms with Gasteiger partial charge in [-0.05, 0) is 62.2 Å². The first-order chi connectivity index (χ1) is 16.0. The van der Waals surface area contributed by atoms with E-state index in [1.807, 2.05) is 79.2 Å². The summed E-state index contributed by atoms with van der Waals surface area (Å²) in [4.78, 5) is 12.9. The zero-order chi connectivity index (χ0) is 22.9. The fraction of sp³-hybridized carbons (Fsp3) is 0.185. The minimum Gasteiger partial charge on any atom is -0.457 e. The van der Waals surface area contributed by atoms with Crippen LogP contribution in [0.3, 0.4) is 0 Å². The lowest BCUT2D eigenvalue weighted by Gasteiger charge is -2.18. The highest BCUT2D eigenvalue weighted by Gasteiger charge is 2.34. The summed E-state index contributed by atoms with van der Waals surface area (Å²) in [7, 11) is 0. The van der Waals surface area contributed by atoms with E-state index in [1.54, 1.807) is 11.8 Å². The molecule has 0 spiro atoms. The number of amides is 1. The number of benzene rings is 3. The van der Waals surface area contributed by atoms with E-state index in [0.717, 1.165) is 45.4 Å². The highest BCUT2D eigenvalue weighted by atomic mass is 32.2. The van der Waals surface area contributed by atoms with Gasteiger partial charge in [0.1, 0.15) is 17.3 Å². The molecule has 2 atom stereocenters. The third-order valence-electron chi connectivity index (χ3n) is 5.83. The quantitative estimate of drug-likeness (QED) is 0.384. The first kappa shape index (κ1) is 21.3. The van der Waals surface area contributed by atoms with Crippen LogP contribution in [0, 0.1) is 13.8 Å².